The lowest BCUT2D eigenvalue weighted by atomic mass is 9.72. The van der Waals surface area contributed by atoms with Crippen LogP contribution in [0.15, 0.2) is 42.5 Å². The van der Waals surface area contributed by atoms with Crippen molar-refractivity contribution in [3.63, 3.8) is 0 Å². The Morgan fingerprint density at radius 3 is 2.67 bits per heavy atom. The fraction of sp³-hybridized carbons (Fsp3) is 0.520. The quantitative estimate of drug-likeness (QED) is 0.558. The van der Waals surface area contributed by atoms with E-state index in [1.165, 1.54) is 55.5 Å². The fourth-order valence-corrected chi connectivity index (χ4v) is 5.25. The van der Waals surface area contributed by atoms with Gasteiger partial charge in [0.1, 0.15) is 12.4 Å². The maximum absolute atomic E-state index is 13.2. The molecule has 1 aliphatic heterocycles. The number of piperidine rings is 1. The zero-order chi connectivity index (χ0) is 21.2. The predicted octanol–water partition coefficient (Wildman–Crippen LogP) is 6.41. The molecule has 2 aromatic carbocycles. The topological polar surface area (TPSA) is 12.5 Å². The van der Waals surface area contributed by atoms with Gasteiger partial charge in [0, 0.05) is 11.1 Å². The summed E-state index contributed by atoms with van der Waals surface area (Å²) in [5, 5.41) is 0. The number of hydrogen-bond acceptors (Lipinski definition) is 2. The molecule has 2 aliphatic rings. The average Bonchev–Trinajstić information content (AvgIpc) is 2.74. The summed E-state index contributed by atoms with van der Waals surface area (Å²) in [4.78, 5) is 2.71. The lowest BCUT2D eigenvalue weighted by Gasteiger charge is -2.50. The van der Waals surface area contributed by atoms with Crippen LogP contribution in [0.25, 0.3) is 0 Å². The molecule has 2 aromatic rings. The Labute approximate surface area is 177 Å². The molecular weight excluding hydrogens is 387 g/mol. The molecule has 30 heavy (non-hydrogen) atoms. The van der Waals surface area contributed by atoms with Crippen molar-refractivity contribution in [2.24, 2.45) is 0 Å². The molecule has 1 saturated heterocycles. The SMILES string of the molecule is CCCN1CCCCC12CCc1cc(OCc3ccccc3C(F)(F)F)ccc1C2. The first-order valence-electron chi connectivity index (χ1n) is 11.1. The van der Waals surface area contributed by atoms with Crippen LogP contribution < -0.4 is 4.74 Å². The van der Waals surface area contributed by atoms with Gasteiger partial charge >= 0.3 is 6.18 Å². The van der Waals surface area contributed by atoms with Gasteiger partial charge in [0.2, 0.25) is 0 Å². The van der Waals surface area contributed by atoms with E-state index in [2.05, 4.69) is 17.9 Å². The van der Waals surface area contributed by atoms with Crippen LogP contribution in [0.3, 0.4) is 0 Å². The minimum absolute atomic E-state index is 0.0807. The highest BCUT2D eigenvalue weighted by Crippen LogP contribution is 2.41. The van der Waals surface area contributed by atoms with E-state index < -0.39 is 11.7 Å². The van der Waals surface area contributed by atoms with E-state index in [1.807, 2.05) is 12.1 Å². The molecule has 0 aromatic heterocycles. The van der Waals surface area contributed by atoms with E-state index in [9.17, 15) is 13.2 Å². The molecule has 5 heteroatoms. The molecule has 162 valence electrons. The monoisotopic (exact) mass is 417 g/mol. The van der Waals surface area contributed by atoms with Crippen LogP contribution in [0.2, 0.25) is 0 Å². The molecule has 1 heterocycles. The highest BCUT2D eigenvalue weighted by Gasteiger charge is 2.40. The lowest BCUT2D eigenvalue weighted by Crippen LogP contribution is -2.55. The summed E-state index contributed by atoms with van der Waals surface area (Å²) < 4.78 is 45.4. The first kappa shape index (κ1) is 21.2. The second kappa shape index (κ2) is 8.62. The van der Waals surface area contributed by atoms with E-state index in [0.717, 1.165) is 31.9 Å². The number of halogens is 3. The summed E-state index contributed by atoms with van der Waals surface area (Å²) in [6.07, 6.45) is 3.90. The summed E-state index contributed by atoms with van der Waals surface area (Å²) in [7, 11) is 0. The molecular formula is C25H30F3NO. The van der Waals surface area contributed by atoms with E-state index >= 15 is 0 Å². The molecule has 2 nitrogen and oxygen atoms in total. The Bertz CT molecular complexity index is 877. The molecule has 1 fully saturated rings. The number of rotatable bonds is 5. The van der Waals surface area contributed by atoms with Crippen LogP contribution in [-0.2, 0) is 25.6 Å². The van der Waals surface area contributed by atoms with Crippen LogP contribution in [0.5, 0.6) is 5.75 Å². The number of likely N-dealkylation sites (tertiary alicyclic amines) is 1. The first-order valence-corrected chi connectivity index (χ1v) is 11.1. The van der Waals surface area contributed by atoms with Crippen LogP contribution in [-0.4, -0.2) is 23.5 Å². The largest absolute Gasteiger partial charge is 0.489 e. The van der Waals surface area contributed by atoms with Gasteiger partial charge in [-0.2, -0.15) is 13.2 Å². The fourth-order valence-electron chi connectivity index (χ4n) is 5.25. The Balaban J connectivity index is 1.48. The van der Waals surface area contributed by atoms with Gasteiger partial charge in [0.25, 0.3) is 0 Å². The smallest absolute Gasteiger partial charge is 0.416 e. The zero-order valence-corrected chi connectivity index (χ0v) is 17.6. The standard InChI is InChI=1S/C25H30F3NO/c1-2-14-29-15-6-5-12-24(29)13-11-19-16-22(10-9-20(19)17-24)30-18-21-7-3-4-8-23(21)25(26,27)28/h3-4,7-10,16H,2,5-6,11-15,17-18H2,1H3. The van der Waals surface area contributed by atoms with E-state index in [-0.39, 0.29) is 17.7 Å². The Kier molecular flexibility index (Phi) is 6.10. The molecule has 0 N–H and O–H groups in total. The van der Waals surface area contributed by atoms with Crippen molar-refractivity contribution in [1.29, 1.82) is 0 Å². The second-order valence-electron chi connectivity index (χ2n) is 8.72. The maximum Gasteiger partial charge on any atom is 0.416 e. The zero-order valence-electron chi connectivity index (χ0n) is 17.6. The molecule has 1 unspecified atom stereocenters. The van der Waals surface area contributed by atoms with Crippen LogP contribution in [0, 0.1) is 0 Å². The van der Waals surface area contributed by atoms with Crippen LogP contribution in [0.1, 0.15) is 61.3 Å². The number of hydrogen-bond donors (Lipinski definition) is 0. The van der Waals surface area contributed by atoms with Gasteiger partial charge in [-0.15, -0.1) is 0 Å². The Morgan fingerprint density at radius 1 is 1.03 bits per heavy atom. The number of ether oxygens (including phenoxy) is 1. The molecule has 0 saturated carbocycles. The normalized spacial score (nSPS) is 22.1. The van der Waals surface area contributed by atoms with Crippen LogP contribution in [0.4, 0.5) is 13.2 Å². The number of aryl methyl sites for hydroxylation is 1. The number of benzene rings is 2. The van der Waals surface area contributed by atoms with Gasteiger partial charge < -0.3 is 4.74 Å². The van der Waals surface area contributed by atoms with E-state index in [4.69, 9.17) is 4.74 Å². The third kappa shape index (κ3) is 4.36. The number of fused-ring (bicyclic) bond motifs is 1. The molecule has 1 atom stereocenters. The van der Waals surface area contributed by atoms with Gasteiger partial charge in [0.15, 0.2) is 0 Å². The Morgan fingerprint density at radius 2 is 1.87 bits per heavy atom. The third-order valence-electron chi connectivity index (χ3n) is 6.76. The van der Waals surface area contributed by atoms with Gasteiger partial charge in [-0.1, -0.05) is 37.6 Å². The van der Waals surface area contributed by atoms with E-state index in [1.54, 1.807) is 6.07 Å². The maximum atomic E-state index is 13.2. The van der Waals surface area contributed by atoms with Crippen molar-refractivity contribution >= 4 is 0 Å². The average molecular weight is 418 g/mol. The summed E-state index contributed by atoms with van der Waals surface area (Å²) >= 11 is 0. The molecule has 0 radical (unpaired) electrons. The molecule has 0 bridgehead atoms. The van der Waals surface area contributed by atoms with E-state index in [0.29, 0.717) is 5.75 Å². The summed E-state index contributed by atoms with van der Waals surface area (Å²) in [6, 6.07) is 11.7. The predicted molar refractivity (Wildman–Crippen MR) is 113 cm³/mol. The van der Waals surface area contributed by atoms with Crippen molar-refractivity contribution in [3.8, 4) is 5.75 Å². The third-order valence-corrected chi connectivity index (χ3v) is 6.76. The molecule has 4 rings (SSSR count). The van der Waals surface area contributed by atoms with Crippen molar-refractivity contribution in [2.75, 3.05) is 13.1 Å². The minimum atomic E-state index is -4.37. The summed E-state index contributed by atoms with van der Waals surface area (Å²) in [5.74, 6) is 0.649. The summed E-state index contributed by atoms with van der Waals surface area (Å²) in [5.41, 5.74) is 2.48. The van der Waals surface area contributed by atoms with Crippen LogP contribution >= 0.6 is 0 Å². The second-order valence-corrected chi connectivity index (χ2v) is 8.72. The van der Waals surface area contributed by atoms with Crippen molar-refractivity contribution in [3.05, 3.63) is 64.7 Å². The van der Waals surface area contributed by atoms with Gasteiger partial charge in [-0.25, -0.2) is 0 Å². The van der Waals surface area contributed by atoms with Gasteiger partial charge in [0.05, 0.1) is 5.56 Å². The lowest BCUT2D eigenvalue weighted by molar-refractivity contribution is -0.138. The number of alkyl halides is 3. The van der Waals surface area contributed by atoms with Gasteiger partial charge in [-0.3, -0.25) is 4.90 Å². The van der Waals surface area contributed by atoms with Crippen molar-refractivity contribution in [2.45, 2.75) is 70.2 Å². The Hall–Kier alpha value is -2.01. The minimum Gasteiger partial charge on any atom is -0.489 e. The highest BCUT2D eigenvalue weighted by atomic mass is 19.4. The molecule has 1 spiro atoms. The highest BCUT2D eigenvalue weighted by molar-refractivity contribution is 5.39. The van der Waals surface area contributed by atoms with Gasteiger partial charge in [-0.05, 0) is 80.9 Å². The molecule has 0 amide bonds. The molecule has 1 aliphatic carbocycles. The van der Waals surface area contributed by atoms with Crippen molar-refractivity contribution < 1.29 is 17.9 Å². The van der Waals surface area contributed by atoms with Crippen molar-refractivity contribution in [1.82, 2.24) is 4.90 Å². The number of nitrogens with zero attached hydrogens (tertiary/aromatic N) is 1. The first-order chi connectivity index (χ1) is 14.4. The summed E-state index contributed by atoms with van der Waals surface area (Å²) in [6.45, 7) is 4.53.